The van der Waals surface area contributed by atoms with Gasteiger partial charge in [0.25, 0.3) is 0 Å². The SMILES string of the molecule is C[C@@]1(c2ccc(Cl)cc2)[C@@H](c2ccc(Cl)c(F)c2)N1NS(=O)(=O)OCC(Cl)(Cl)Cl. The lowest BCUT2D eigenvalue weighted by Crippen LogP contribution is -2.35. The van der Waals surface area contributed by atoms with Crippen molar-refractivity contribution in [3.63, 3.8) is 0 Å². The maximum Gasteiger partial charge on any atom is 0.349 e. The summed E-state index contributed by atoms with van der Waals surface area (Å²) in [7, 11) is -4.32. The number of nitrogens with one attached hydrogen (secondary N) is 1. The zero-order valence-corrected chi connectivity index (χ0v) is 19.3. The Morgan fingerprint density at radius 2 is 1.79 bits per heavy atom. The fourth-order valence-corrected chi connectivity index (χ4v) is 4.59. The Morgan fingerprint density at radius 3 is 2.34 bits per heavy atom. The zero-order valence-electron chi connectivity index (χ0n) is 14.7. The second-order valence-electron chi connectivity index (χ2n) is 6.52. The molecular formula is C17H14Cl5FN2O3S. The van der Waals surface area contributed by atoms with E-state index in [2.05, 4.69) is 4.83 Å². The summed E-state index contributed by atoms with van der Waals surface area (Å²) in [5.74, 6) is -0.621. The molecule has 3 rings (SSSR count). The molecule has 0 saturated carbocycles. The summed E-state index contributed by atoms with van der Waals surface area (Å²) in [5, 5.41) is 1.87. The third-order valence-corrected chi connectivity index (χ3v) is 6.23. The largest absolute Gasteiger partial charge is 0.349 e. The summed E-state index contributed by atoms with van der Waals surface area (Å²) in [5.41, 5.74) is 0.390. The molecule has 0 bridgehead atoms. The molecule has 158 valence electrons. The van der Waals surface area contributed by atoms with E-state index in [1.807, 2.05) is 0 Å². The van der Waals surface area contributed by atoms with Crippen LogP contribution in [-0.2, 0) is 20.0 Å². The molecule has 1 N–H and O–H groups in total. The van der Waals surface area contributed by atoms with Crippen LogP contribution in [0.25, 0.3) is 0 Å². The average molecular weight is 523 g/mol. The van der Waals surface area contributed by atoms with Crippen molar-refractivity contribution in [2.24, 2.45) is 0 Å². The van der Waals surface area contributed by atoms with Crippen LogP contribution in [0.4, 0.5) is 4.39 Å². The highest BCUT2D eigenvalue weighted by Gasteiger charge is 2.63. The van der Waals surface area contributed by atoms with Crippen LogP contribution in [0, 0.1) is 5.82 Å². The van der Waals surface area contributed by atoms with Crippen LogP contribution in [-0.4, -0.2) is 23.8 Å². The molecule has 0 aliphatic carbocycles. The van der Waals surface area contributed by atoms with E-state index >= 15 is 0 Å². The van der Waals surface area contributed by atoms with E-state index in [9.17, 15) is 12.8 Å². The van der Waals surface area contributed by atoms with Crippen LogP contribution in [0.15, 0.2) is 42.5 Å². The van der Waals surface area contributed by atoms with Crippen molar-refractivity contribution in [1.82, 2.24) is 9.84 Å². The molecule has 1 unspecified atom stereocenters. The minimum absolute atomic E-state index is 0.0410. The number of hydrazine groups is 1. The monoisotopic (exact) mass is 520 g/mol. The minimum Gasteiger partial charge on any atom is -0.253 e. The van der Waals surface area contributed by atoms with E-state index < -0.39 is 38.1 Å². The molecule has 2 aromatic rings. The molecule has 1 aliphatic rings. The molecule has 0 amide bonds. The van der Waals surface area contributed by atoms with Crippen molar-refractivity contribution in [2.75, 3.05) is 6.61 Å². The first kappa shape index (κ1) is 23.3. The normalized spacial score (nSPS) is 24.5. The first-order chi connectivity index (χ1) is 13.3. The van der Waals surface area contributed by atoms with Gasteiger partial charge >= 0.3 is 10.3 Å². The molecule has 0 radical (unpaired) electrons. The summed E-state index contributed by atoms with van der Waals surface area (Å²) in [6.07, 6.45) is 0. The zero-order chi connectivity index (χ0) is 21.6. The van der Waals surface area contributed by atoms with Crippen molar-refractivity contribution in [2.45, 2.75) is 22.3 Å². The van der Waals surface area contributed by atoms with E-state index in [0.29, 0.717) is 10.6 Å². The molecule has 1 fully saturated rings. The molecule has 0 spiro atoms. The van der Waals surface area contributed by atoms with Gasteiger partial charge in [0.15, 0.2) is 0 Å². The molecule has 0 aromatic heterocycles. The quantitative estimate of drug-likeness (QED) is 0.400. The molecule has 5 nitrogen and oxygen atoms in total. The average Bonchev–Trinajstić information content (AvgIpc) is 3.20. The van der Waals surface area contributed by atoms with E-state index in [-0.39, 0.29) is 5.02 Å². The van der Waals surface area contributed by atoms with Crippen molar-refractivity contribution < 1.29 is 17.0 Å². The molecule has 2 aromatic carbocycles. The number of alkyl halides is 3. The Morgan fingerprint density at radius 1 is 1.17 bits per heavy atom. The predicted molar refractivity (Wildman–Crippen MR) is 113 cm³/mol. The Labute approximate surface area is 192 Å². The van der Waals surface area contributed by atoms with E-state index in [4.69, 9.17) is 62.2 Å². The third kappa shape index (κ3) is 5.29. The molecule has 12 heteroatoms. The van der Waals surface area contributed by atoms with Crippen molar-refractivity contribution in [3.8, 4) is 0 Å². The molecule has 1 heterocycles. The minimum atomic E-state index is -4.32. The summed E-state index contributed by atoms with van der Waals surface area (Å²) in [6.45, 7) is 1.10. The van der Waals surface area contributed by atoms with Crippen molar-refractivity contribution >= 4 is 68.3 Å². The van der Waals surface area contributed by atoms with Gasteiger partial charge in [0.05, 0.1) is 16.6 Å². The third-order valence-electron chi connectivity index (χ3n) is 4.50. The number of hydrogen-bond acceptors (Lipinski definition) is 4. The highest BCUT2D eigenvalue weighted by Crippen LogP contribution is 2.58. The lowest BCUT2D eigenvalue weighted by molar-refractivity contribution is 0.285. The van der Waals surface area contributed by atoms with Gasteiger partial charge < -0.3 is 0 Å². The second-order valence-corrected chi connectivity index (χ2v) is 11.2. The predicted octanol–water partition coefficient (Wildman–Crippen LogP) is 5.54. The maximum atomic E-state index is 14.0. The number of hydrogen-bond donors (Lipinski definition) is 1. The summed E-state index contributed by atoms with van der Waals surface area (Å²) in [6, 6.07) is 10.5. The first-order valence-corrected chi connectivity index (χ1v) is 11.4. The van der Waals surface area contributed by atoms with E-state index in [1.54, 1.807) is 37.3 Å². The highest BCUT2D eigenvalue weighted by molar-refractivity contribution is 7.84. The Kier molecular flexibility index (Phi) is 6.67. The van der Waals surface area contributed by atoms with Crippen LogP contribution in [0.3, 0.4) is 0 Å². The standard InChI is InChI=1S/C17H14Cl5FN2O3S/c1-16(11-3-5-12(18)6-4-11)15(10-2-7-13(19)14(23)8-10)25(16)24-29(26,27)28-9-17(20,21)22/h2-8,15,24H,9H2,1H3/t15-,16-,25?/m1/s1. The van der Waals surface area contributed by atoms with Gasteiger partial charge in [-0.2, -0.15) is 8.42 Å². The van der Waals surface area contributed by atoms with Crippen molar-refractivity contribution in [3.05, 3.63) is 69.5 Å². The fraction of sp³-hybridized carbons (Fsp3) is 0.294. The van der Waals surface area contributed by atoms with Crippen LogP contribution in [0.1, 0.15) is 24.1 Å². The summed E-state index contributed by atoms with van der Waals surface area (Å²) in [4.78, 5) is 2.31. The van der Waals surface area contributed by atoms with Gasteiger partial charge in [0.1, 0.15) is 12.4 Å². The molecule has 29 heavy (non-hydrogen) atoms. The molecule has 1 aliphatic heterocycles. The lowest BCUT2D eigenvalue weighted by Gasteiger charge is -2.15. The molecule has 3 atom stereocenters. The number of halogens is 6. The Bertz CT molecular complexity index is 1020. The van der Waals surface area contributed by atoms with Crippen molar-refractivity contribution in [1.29, 1.82) is 0 Å². The second kappa shape index (κ2) is 8.30. The molecular weight excluding hydrogens is 509 g/mol. The van der Waals surface area contributed by atoms with Gasteiger partial charge in [-0.15, -0.1) is 4.83 Å². The molecule has 1 saturated heterocycles. The van der Waals surface area contributed by atoms with Gasteiger partial charge in [-0.3, -0.25) is 4.18 Å². The van der Waals surface area contributed by atoms with Gasteiger partial charge in [-0.25, -0.2) is 9.40 Å². The van der Waals surface area contributed by atoms with Crippen LogP contribution < -0.4 is 4.83 Å². The van der Waals surface area contributed by atoms with Crippen LogP contribution >= 0.6 is 58.0 Å². The van der Waals surface area contributed by atoms with Gasteiger partial charge in [0.2, 0.25) is 3.79 Å². The highest BCUT2D eigenvalue weighted by atomic mass is 35.6. The van der Waals surface area contributed by atoms with Crippen LogP contribution in [0.2, 0.25) is 10.0 Å². The first-order valence-electron chi connectivity index (χ1n) is 8.07. The number of nitrogens with zero attached hydrogens (tertiary/aromatic N) is 1. The fourth-order valence-electron chi connectivity index (χ4n) is 3.07. The number of benzene rings is 2. The van der Waals surface area contributed by atoms with Crippen LogP contribution in [0.5, 0.6) is 0 Å². The van der Waals surface area contributed by atoms with Gasteiger partial charge in [0, 0.05) is 5.02 Å². The van der Waals surface area contributed by atoms with Gasteiger partial charge in [-0.1, -0.05) is 76.2 Å². The topological polar surface area (TPSA) is 58.4 Å². The van der Waals surface area contributed by atoms with E-state index in [0.717, 1.165) is 5.56 Å². The smallest absolute Gasteiger partial charge is 0.253 e. The Balaban J connectivity index is 1.93. The Hall–Kier alpha value is -0.350. The van der Waals surface area contributed by atoms with Gasteiger partial charge in [-0.05, 0) is 42.3 Å². The summed E-state index contributed by atoms with van der Waals surface area (Å²) >= 11 is 28.4. The van der Waals surface area contributed by atoms with E-state index in [1.165, 1.54) is 17.1 Å². The number of rotatable bonds is 6. The maximum absolute atomic E-state index is 14.0. The lowest BCUT2D eigenvalue weighted by atomic mass is 9.93. The summed E-state index contributed by atoms with van der Waals surface area (Å²) < 4.78 is 41.5.